The second-order valence-electron chi connectivity index (χ2n) is 2.10. The Kier molecular flexibility index (Phi) is 1.74. The molecule has 12 heavy (non-hydrogen) atoms. The van der Waals surface area contributed by atoms with E-state index in [2.05, 4.69) is 0 Å². The van der Waals surface area contributed by atoms with Gasteiger partial charge in [0.1, 0.15) is 0 Å². The number of aromatic carboxylic acids is 2. The Bertz CT molecular complexity index is 372. The van der Waals surface area contributed by atoms with E-state index >= 15 is 0 Å². The Hall–Kier alpha value is -1.84. The molecule has 0 aliphatic rings. The molecule has 4 heteroatoms. The third kappa shape index (κ3) is 1.60. The van der Waals surface area contributed by atoms with Crippen molar-refractivity contribution in [2.75, 3.05) is 0 Å². The molecule has 0 heterocycles. The van der Waals surface area contributed by atoms with Crippen molar-refractivity contribution in [2.24, 2.45) is 0 Å². The molecule has 0 aromatic heterocycles. The quantitative estimate of drug-likeness (QED) is 0.691. The lowest BCUT2D eigenvalue weighted by Crippen LogP contribution is -1.99. The number of carboxylic acids is 2. The van der Waals surface area contributed by atoms with Crippen LogP contribution in [0.4, 0.5) is 0 Å². The zero-order valence-electron chi connectivity index (χ0n) is 6.94. The van der Waals surface area contributed by atoms with Gasteiger partial charge in [-0.1, -0.05) is 0 Å². The van der Waals surface area contributed by atoms with Gasteiger partial charge >= 0.3 is 11.9 Å². The fourth-order valence-corrected chi connectivity index (χ4v) is 0.691. The molecule has 1 aromatic carbocycles. The summed E-state index contributed by atoms with van der Waals surface area (Å²) in [5.74, 6) is -2.41. The maximum Gasteiger partial charge on any atom is 0.335 e. The van der Waals surface area contributed by atoms with Crippen LogP contribution in [0.2, 0.25) is 0 Å². The number of rotatable bonds is 2. The molecule has 0 saturated carbocycles. The first-order chi connectivity index (χ1) is 6.02. The zero-order valence-corrected chi connectivity index (χ0v) is 5.94. The van der Waals surface area contributed by atoms with Gasteiger partial charge in [0.2, 0.25) is 0 Å². The maximum atomic E-state index is 10.4. The fourth-order valence-electron chi connectivity index (χ4n) is 0.691. The van der Waals surface area contributed by atoms with Crippen molar-refractivity contribution in [3.8, 4) is 0 Å². The highest BCUT2D eigenvalue weighted by molar-refractivity contribution is 5.91. The minimum absolute atomic E-state index is 0.0880. The van der Waals surface area contributed by atoms with Crippen molar-refractivity contribution in [3.05, 3.63) is 35.4 Å². The van der Waals surface area contributed by atoms with E-state index < -0.39 is 11.9 Å². The van der Waals surface area contributed by atoms with Gasteiger partial charge in [0.15, 0.2) is 0 Å². The lowest BCUT2D eigenvalue weighted by Gasteiger charge is -1.94. The molecule has 1 aromatic rings. The molecule has 0 atom stereocenters. The van der Waals surface area contributed by atoms with Crippen molar-refractivity contribution in [2.45, 2.75) is 0 Å². The predicted molar refractivity (Wildman–Crippen MR) is 40.4 cm³/mol. The summed E-state index contributed by atoms with van der Waals surface area (Å²) in [7, 11) is 0. The van der Waals surface area contributed by atoms with Crippen molar-refractivity contribution >= 4 is 11.9 Å². The maximum absolute atomic E-state index is 10.4. The van der Waals surface area contributed by atoms with E-state index in [4.69, 9.17) is 11.6 Å². The molecule has 0 unspecified atom stereocenters. The highest BCUT2D eigenvalue weighted by atomic mass is 16.4. The summed E-state index contributed by atoms with van der Waals surface area (Å²) < 4.78 is 7.19. The summed E-state index contributed by atoms with van der Waals surface area (Å²) in [5.41, 5.74) is -0.292. The third-order valence-electron chi connectivity index (χ3n) is 1.29. The van der Waals surface area contributed by atoms with Crippen LogP contribution in [0.5, 0.6) is 0 Å². The second kappa shape index (κ2) is 3.04. The summed E-state index contributed by atoms with van der Waals surface area (Å²) in [6, 6.07) is 2.97. The largest absolute Gasteiger partial charge is 0.478 e. The molecule has 4 nitrogen and oxygen atoms in total. The summed E-state index contributed by atoms with van der Waals surface area (Å²) in [5, 5.41) is 17.0. The van der Waals surface area contributed by atoms with Gasteiger partial charge in [0.25, 0.3) is 0 Å². The van der Waals surface area contributed by atoms with Crippen LogP contribution < -0.4 is 0 Å². The Balaban J connectivity index is 3.20. The molecule has 0 aliphatic carbocycles. The first kappa shape index (κ1) is 6.84. The van der Waals surface area contributed by atoms with Crippen LogP contribution in [0.15, 0.2) is 24.2 Å². The number of benzene rings is 1. The third-order valence-corrected chi connectivity index (χ3v) is 1.29. The van der Waals surface area contributed by atoms with Gasteiger partial charge in [-0.25, -0.2) is 9.59 Å². The lowest BCUT2D eigenvalue weighted by atomic mass is 10.1. The van der Waals surface area contributed by atoms with Gasteiger partial charge < -0.3 is 10.2 Å². The van der Waals surface area contributed by atoms with E-state index in [0.717, 1.165) is 18.2 Å². The zero-order chi connectivity index (χ0) is 10.0. The normalized spacial score (nSPS) is 10.5. The second-order valence-corrected chi connectivity index (χ2v) is 2.10. The molecule has 0 saturated heterocycles. The Morgan fingerprint density at radius 1 is 1.08 bits per heavy atom. The molecule has 0 spiro atoms. The average Bonchev–Trinajstić information content (AvgIpc) is 2.03. The first-order valence-corrected chi connectivity index (χ1v) is 3.09. The summed E-state index contributed by atoms with van der Waals surface area (Å²) in [6.45, 7) is 0. The number of hydrogen-bond donors (Lipinski definition) is 2. The molecule has 0 aliphatic heterocycles. The standard InChI is InChI=1S/C8H6O4/c9-7(10)5-1-2-6(4-3-5)8(11)12/h1-4H,(H,9,10)(H,11,12)/i1D. The van der Waals surface area contributed by atoms with Crippen molar-refractivity contribution in [1.82, 2.24) is 0 Å². The first-order valence-electron chi connectivity index (χ1n) is 3.59. The Morgan fingerprint density at radius 3 is 2.00 bits per heavy atom. The summed E-state index contributed by atoms with van der Waals surface area (Å²) >= 11 is 0. The smallest absolute Gasteiger partial charge is 0.335 e. The van der Waals surface area contributed by atoms with Crippen LogP contribution in [-0.2, 0) is 0 Å². The molecular weight excluding hydrogens is 160 g/mol. The minimum atomic E-state index is -1.23. The molecule has 2 N–H and O–H groups in total. The number of hydrogen-bond acceptors (Lipinski definition) is 2. The molecule has 0 fully saturated rings. The van der Waals surface area contributed by atoms with E-state index in [1.54, 1.807) is 0 Å². The molecule has 0 bridgehead atoms. The fraction of sp³-hybridized carbons (Fsp3) is 0. The van der Waals surface area contributed by atoms with Crippen LogP contribution in [0, 0.1) is 0 Å². The minimum Gasteiger partial charge on any atom is -0.478 e. The van der Waals surface area contributed by atoms with Gasteiger partial charge in [-0.05, 0) is 24.2 Å². The van der Waals surface area contributed by atoms with Gasteiger partial charge in [0, 0.05) is 0 Å². The van der Waals surface area contributed by atoms with Crippen LogP contribution in [0.3, 0.4) is 0 Å². The molecular formula is C8H6O4. The van der Waals surface area contributed by atoms with Crippen molar-refractivity contribution in [3.63, 3.8) is 0 Å². The summed E-state index contributed by atoms with van der Waals surface area (Å²) in [6.07, 6.45) is 0. The monoisotopic (exact) mass is 167 g/mol. The lowest BCUT2D eigenvalue weighted by molar-refractivity contribution is 0.0681. The van der Waals surface area contributed by atoms with E-state index in [9.17, 15) is 9.59 Å². The summed E-state index contributed by atoms with van der Waals surface area (Å²) in [4.78, 5) is 20.8. The number of carboxylic acid groups (broad SMARTS) is 2. The van der Waals surface area contributed by atoms with E-state index in [1.165, 1.54) is 0 Å². The predicted octanol–water partition coefficient (Wildman–Crippen LogP) is 1.08. The number of carbonyl (C=O) groups is 2. The highest BCUT2D eigenvalue weighted by Gasteiger charge is 2.04. The van der Waals surface area contributed by atoms with Gasteiger partial charge in [-0.15, -0.1) is 0 Å². The van der Waals surface area contributed by atoms with Crippen LogP contribution >= 0.6 is 0 Å². The van der Waals surface area contributed by atoms with E-state index in [1.807, 2.05) is 0 Å². The van der Waals surface area contributed by atoms with Gasteiger partial charge in [0.05, 0.1) is 12.5 Å². The van der Waals surface area contributed by atoms with Crippen LogP contribution in [0.1, 0.15) is 22.1 Å². The highest BCUT2D eigenvalue weighted by Crippen LogP contribution is 2.03. The molecule has 0 radical (unpaired) electrons. The van der Waals surface area contributed by atoms with Crippen LogP contribution in [-0.4, -0.2) is 22.2 Å². The Labute approximate surface area is 69.5 Å². The van der Waals surface area contributed by atoms with E-state index in [-0.39, 0.29) is 17.2 Å². The molecule has 1 rings (SSSR count). The van der Waals surface area contributed by atoms with Gasteiger partial charge in [-0.2, -0.15) is 0 Å². The molecule has 0 amide bonds. The Morgan fingerprint density at radius 2 is 1.58 bits per heavy atom. The average molecular weight is 167 g/mol. The van der Waals surface area contributed by atoms with Gasteiger partial charge in [-0.3, -0.25) is 0 Å². The SMILES string of the molecule is [2H]c1cc(C(=O)O)ccc1C(=O)O. The molecule has 62 valence electrons. The topological polar surface area (TPSA) is 74.6 Å². The van der Waals surface area contributed by atoms with E-state index in [0.29, 0.717) is 0 Å². The van der Waals surface area contributed by atoms with Crippen molar-refractivity contribution in [1.29, 1.82) is 0 Å². The van der Waals surface area contributed by atoms with Crippen LogP contribution in [0.25, 0.3) is 0 Å². The van der Waals surface area contributed by atoms with Crippen molar-refractivity contribution < 1.29 is 21.2 Å².